The second kappa shape index (κ2) is 8.40. The van der Waals surface area contributed by atoms with Crippen molar-refractivity contribution in [3.05, 3.63) is 81.4 Å². The lowest BCUT2D eigenvalue weighted by Gasteiger charge is -2.42. The highest BCUT2D eigenvalue weighted by atomic mass is 32.2. The molecule has 0 unspecified atom stereocenters. The standard InChI is InChI=1S/C27H28N4OS/c1-4-19-8-9-20-17-27(26(28)23(20)14-19)10-12-30(13-11-27)24-16-25(32)31(18(2)29-24)21-6-5-7-22(15-21)33-3/h1,5-9,14-16,26H,10-13,17,28H2,2-3H3/t26-/m1/s1. The van der Waals surface area contributed by atoms with Gasteiger partial charge in [0.1, 0.15) is 11.6 Å². The maximum absolute atomic E-state index is 13.1. The average Bonchev–Trinajstić information content (AvgIpc) is 3.09. The van der Waals surface area contributed by atoms with E-state index in [0.717, 1.165) is 54.3 Å². The first-order valence-electron chi connectivity index (χ1n) is 11.3. The Morgan fingerprint density at radius 3 is 2.67 bits per heavy atom. The quantitative estimate of drug-likeness (QED) is 0.475. The van der Waals surface area contributed by atoms with Crippen molar-refractivity contribution in [1.82, 2.24) is 9.55 Å². The third-order valence-electron chi connectivity index (χ3n) is 7.32. The molecule has 1 aromatic heterocycles. The number of fused-ring (bicyclic) bond motifs is 1. The van der Waals surface area contributed by atoms with Crippen LogP contribution in [-0.4, -0.2) is 28.9 Å². The van der Waals surface area contributed by atoms with Crippen LogP contribution >= 0.6 is 11.8 Å². The van der Waals surface area contributed by atoms with E-state index in [1.54, 1.807) is 22.4 Å². The molecule has 1 saturated heterocycles. The van der Waals surface area contributed by atoms with E-state index in [1.807, 2.05) is 43.5 Å². The number of thioether (sulfide) groups is 1. The first kappa shape index (κ1) is 21.8. The van der Waals surface area contributed by atoms with Gasteiger partial charge in [0.05, 0.1) is 5.69 Å². The molecule has 0 radical (unpaired) electrons. The molecule has 5 rings (SSSR count). The normalized spacial score (nSPS) is 18.8. The van der Waals surface area contributed by atoms with Crippen LogP contribution in [0.25, 0.3) is 5.69 Å². The van der Waals surface area contributed by atoms with E-state index in [4.69, 9.17) is 17.1 Å². The smallest absolute Gasteiger partial charge is 0.260 e. The third-order valence-corrected chi connectivity index (χ3v) is 8.04. The molecule has 1 spiro atoms. The lowest BCUT2D eigenvalue weighted by Crippen LogP contribution is -2.45. The zero-order valence-corrected chi connectivity index (χ0v) is 19.9. The molecule has 2 aliphatic rings. The SMILES string of the molecule is C#Cc1ccc2c(c1)[C@@H](N)C1(CCN(c3cc(=O)n(-c4cccc(SC)c4)c(C)n3)CC1)C2. The highest BCUT2D eigenvalue weighted by molar-refractivity contribution is 7.98. The van der Waals surface area contributed by atoms with Crippen molar-refractivity contribution in [1.29, 1.82) is 0 Å². The van der Waals surface area contributed by atoms with Crippen molar-refractivity contribution in [3.8, 4) is 18.0 Å². The molecule has 1 fully saturated rings. The van der Waals surface area contributed by atoms with E-state index < -0.39 is 0 Å². The number of hydrogen-bond donors (Lipinski definition) is 1. The van der Waals surface area contributed by atoms with E-state index >= 15 is 0 Å². The molecule has 5 nitrogen and oxygen atoms in total. The molecule has 0 saturated carbocycles. The Hall–Kier alpha value is -3.01. The van der Waals surface area contributed by atoms with E-state index in [2.05, 4.69) is 23.0 Å². The maximum atomic E-state index is 13.1. The summed E-state index contributed by atoms with van der Waals surface area (Å²) in [6.07, 6.45) is 10.5. The number of aryl methyl sites for hydroxylation is 1. The molecular weight excluding hydrogens is 428 g/mol. The van der Waals surface area contributed by atoms with Crippen LogP contribution < -0.4 is 16.2 Å². The van der Waals surface area contributed by atoms with Crippen LogP contribution in [0.5, 0.6) is 0 Å². The zero-order chi connectivity index (χ0) is 23.2. The molecule has 2 N–H and O–H groups in total. The number of aromatic nitrogens is 2. The Kier molecular flexibility index (Phi) is 5.55. The largest absolute Gasteiger partial charge is 0.356 e. The summed E-state index contributed by atoms with van der Waals surface area (Å²) >= 11 is 1.66. The number of benzene rings is 2. The Morgan fingerprint density at radius 1 is 1.18 bits per heavy atom. The molecule has 1 aliphatic carbocycles. The summed E-state index contributed by atoms with van der Waals surface area (Å²) in [7, 11) is 0. The zero-order valence-electron chi connectivity index (χ0n) is 19.0. The number of nitrogens with zero attached hydrogens (tertiary/aromatic N) is 3. The summed E-state index contributed by atoms with van der Waals surface area (Å²) in [6.45, 7) is 3.57. The molecule has 2 heterocycles. The highest BCUT2D eigenvalue weighted by Gasteiger charge is 2.46. The topological polar surface area (TPSA) is 64.2 Å². The van der Waals surface area contributed by atoms with E-state index in [1.165, 1.54) is 11.1 Å². The van der Waals surface area contributed by atoms with Crippen LogP contribution in [0.1, 0.15) is 41.4 Å². The van der Waals surface area contributed by atoms with Gasteiger partial charge in [0, 0.05) is 35.7 Å². The van der Waals surface area contributed by atoms with Gasteiger partial charge >= 0.3 is 0 Å². The second-order valence-corrected chi connectivity index (χ2v) is 9.98. The van der Waals surface area contributed by atoms with Gasteiger partial charge in [-0.1, -0.05) is 18.1 Å². The fourth-order valence-corrected chi connectivity index (χ4v) is 5.88. The van der Waals surface area contributed by atoms with E-state index in [0.29, 0.717) is 5.82 Å². The van der Waals surface area contributed by atoms with Gasteiger partial charge in [-0.15, -0.1) is 18.2 Å². The van der Waals surface area contributed by atoms with Gasteiger partial charge in [-0.3, -0.25) is 9.36 Å². The van der Waals surface area contributed by atoms with Crippen molar-refractivity contribution in [2.24, 2.45) is 11.1 Å². The average molecular weight is 457 g/mol. The van der Waals surface area contributed by atoms with Crippen molar-refractivity contribution in [2.75, 3.05) is 24.2 Å². The van der Waals surface area contributed by atoms with Gasteiger partial charge in [0.25, 0.3) is 5.56 Å². The minimum absolute atomic E-state index is 0.00522. The molecule has 2 aromatic carbocycles. The lowest BCUT2D eigenvalue weighted by atomic mass is 9.73. The summed E-state index contributed by atoms with van der Waals surface area (Å²) in [5.74, 6) is 4.18. The summed E-state index contributed by atoms with van der Waals surface area (Å²) in [5.41, 5.74) is 11.0. The Labute approximate surface area is 199 Å². The van der Waals surface area contributed by atoms with Crippen molar-refractivity contribution in [2.45, 2.75) is 37.1 Å². The Bertz CT molecular complexity index is 1310. The number of anilines is 1. The van der Waals surface area contributed by atoms with Crippen molar-refractivity contribution >= 4 is 17.6 Å². The van der Waals surface area contributed by atoms with Gasteiger partial charge in [0.2, 0.25) is 0 Å². The predicted molar refractivity (Wildman–Crippen MR) is 135 cm³/mol. The van der Waals surface area contributed by atoms with Crippen LogP contribution in [-0.2, 0) is 6.42 Å². The first-order valence-corrected chi connectivity index (χ1v) is 12.5. The molecule has 33 heavy (non-hydrogen) atoms. The summed E-state index contributed by atoms with van der Waals surface area (Å²) in [4.78, 5) is 21.2. The number of piperidine rings is 1. The molecule has 1 atom stereocenters. The van der Waals surface area contributed by atoms with Crippen LogP contribution in [0.4, 0.5) is 5.82 Å². The minimum atomic E-state index is -0.0529. The summed E-state index contributed by atoms with van der Waals surface area (Å²) in [5, 5.41) is 0. The minimum Gasteiger partial charge on any atom is -0.356 e. The molecule has 3 aromatic rings. The van der Waals surface area contributed by atoms with Crippen molar-refractivity contribution in [3.63, 3.8) is 0 Å². The highest BCUT2D eigenvalue weighted by Crippen LogP contribution is 2.51. The third kappa shape index (κ3) is 3.76. The van der Waals surface area contributed by atoms with Gasteiger partial charge in [-0.05, 0) is 79.3 Å². The molecule has 168 valence electrons. The summed E-state index contributed by atoms with van der Waals surface area (Å²) in [6, 6.07) is 15.9. The van der Waals surface area contributed by atoms with Crippen LogP contribution in [0, 0.1) is 24.7 Å². The Balaban J connectivity index is 1.37. The van der Waals surface area contributed by atoms with Crippen LogP contribution in [0.2, 0.25) is 0 Å². The van der Waals surface area contributed by atoms with E-state index in [9.17, 15) is 4.79 Å². The molecule has 6 heteroatoms. The monoisotopic (exact) mass is 456 g/mol. The van der Waals surface area contributed by atoms with Crippen molar-refractivity contribution < 1.29 is 0 Å². The number of hydrogen-bond acceptors (Lipinski definition) is 5. The molecular formula is C27H28N4OS. The first-order chi connectivity index (χ1) is 15.9. The van der Waals surface area contributed by atoms with Gasteiger partial charge in [-0.2, -0.15) is 0 Å². The summed E-state index contributed by atoms with van der Waals surface area (Å²) < 4.78 is 1.68. The fourth-order valence-electron chi connectivity index (χ4n) is 5.43. The lowest BCUT2D eigenvalue weighted by molar-refractivity contribution is 0.187. The molecule has 0 amide bonds. The fraction of sp³-hybridized carbons (Fsp3) is 0.333. The van der Waals surface area contributed by atoms with Crippen LogP contribution in [0.15, 0.2) is 58.2 Å². The number of nitrogens with two attached hydrogens (primary N) is 1. The number of rotatable bonds is 3. The van der Waals surface area contributed by atoms with Crippen LogP contribution in [0.3, 0.4) is 0 Å². The van der Waals surface area contributed by atoms with Gasteiger partial charge in [0.15, 0.2) is 0 Å². The molecule has 1 aliphatic heterocycles. The Morgan fingerprint density at radius 2 is 1.97 bits per heavy atom. The number of terminal acetylenes is 1. The maximum Gasteiger partial charge on any atom is 0.260 e. The predicted octanol–water partition coefficient (Wildman–Crippen LogP) is 4.09. The molecule has 0 bridgehead atoms. The second-order valence-electron chi connectivity index (χ2n) is 9.10. The van der Waals surface area contributed by atoms with Gasteiger partial charge < -0.3 is 10.6 Å². The van der Waals surface area contributed by atoms with Gasteiger partial charge in [-0.25, -0.2) is 4.98 Å². The van der Waals surface area contributed by atoms with E-state index in [-0.39, 0.29) is 17.0 Å².